The Kier molecular flexibility index (Phi) is 5.58. The van der Waals surface area contributed by atoms with Gasteiger partial charge in [0.15, 0.2) is 0 Å². The molecule has 1 fully saturated rings. The lowest BCUT2D eigenvalue weighted by Gasteiger charge is -2.42. The van der Waals surface area contributed by atoms with Crippen molar-refractivity contribution in [2.75, 3.05) is 11.9 Å². The first-order chi connectivity index (χ1) is 13.7. The molecule has 0 radical (unpaired) electrons. The van der Waals surface area contributed by atoms with E-state index in [4.69, 9.17) is 4.74 Å². The lowest BCUT2D eigenvalue weighted by Crippen LogP contribution is -2.46. The molecule has 0 aliphatic heterocycles. The summed E-state index contributed by atoms with van der Waals surface area (Å²) in [7, 11) is 0. The minimum atomic E-state index is -0.196. The number of hydrogen-bond acceptors (Lipinski definition) is 4. The van der Waals surface area contributed by atoms with Crippen molar-refractivity contribution >= 4 is 23.1 Å². The lowest BCUT2D eigenvalue weighted by atomic mass is 9.64. The van der Waals surface area contributed by atoms with Crippen molar-refractivity contribution in [2.24, 2.45) is 0 Å². The number of amides is 2. The number of carbonyl (C=O) groups excluding carboxylic acids is 1. The van der Waals surface area contributed by atoms with Crippen LogP contribution in [0.5, 0.6) is 5.75 Å². The molecule has 4 rings (SSSR count). The molecule has 0 spiro atoms. The summed E-state index contributed by atoms with van der Waals surface area (Å²) in [4.78, 5) is 16.6. The third-order valence-corrected chi connectivity index (χ3v) is 5.88. The van der Waals surface area contributed by atoms with Gasteiger partial charge in [0.05, 0.1) is 11.2 Å². The van der Waals surface area contributed by atoms with Crippen LogP contribution in [0, 0.1) is 0 Å². The van der Waals surface area contributed by atoms with Gasteiger partial charge in [-0.05, 0) is 30.5 Å². The molecule has 28 heavy (non-hydrogen) atoms. The second-order valence-electron chi connectivity index (χ2n) is 7.10. The molecule has 144 valence electrons. The fourth-order valence-corrected chi connectivity index (χ4v) is 4.06. The van der Waals surface area contributed by atoms with Crippen LogP contribution in [0.1, 0.15) is 30.5 Å². The maximum atomic E-state index is 12.4. The summed E-state index contributed by atoms with van der Waals surface area (Å²) >= 11 is 1.54. The molecule has 2 amide bonds. The zero-order valence-corrected chi connectivity index (χ0v) is 16.4. The van der Waals surface area contributed by atoms with Gasteiger partial charge < -0.3 is 15.4 Å². The molecule has 1 aliphatic rings. The number of nitrogens with one attached hydrogen (secondary N) is 2. The number of benzene rings is 2. The van der Waals surface area contributed by atoms with Gasteiger partial charge in [0.25, 0.3) is 0 Å². The summed E-state index contributed by atoms with van der Waals surface area (Å²) in [5, 5.41) is 7.91. The number of nitrogens with zero attached hydrogens (tertiary/aromatic N) is 1. The summed E-state index contributed by atoms with van der Waals surface area (Å²) in [5.41, 5.74) is 4.75. The van der Waals surface area contributed by atoms with E-state index in [0.29, 0.717) is 24.6 Å². The SMILES string of the molecule is O=C(NCC1(c2ccccc2)CCC1)Nc1cccc(OCc2cscn2)c1. The van der Waals surface area contributed by atoms with Crippen molar-refractivity contribution in [1.29, 1.82) is 0 Å². The van der Waals surface area contributed by atoms with E-state index in [9.17, 15) is 4.79 Å². The molecular weight excluding hydrogens is 370 g/mol. The molecule has 0 bridgehead atoms. The van der Waals surface area contributed by atoms with Crippen molar-refractivity contribution in [3.63, 3.8) is 0 Å². The highest BCUT2D eigenvalue weighted by molar-refractivity contribution is 7.07. The van der Waals surface area contributed by atoms with Crippen LogP contribution in [0.2, 0.25) is 0 Å². The van der Waals surface area contributed by atoms with Crippen molar-refractivity contribution in [3.05, 3.63) is 76.7 Å². The normalized spacial score (nSPS) is 14.7. The first-order valence-electron chi connectivity index (χ1n) is 9.44. The molecule has 0 saturated heterocycles. The van der Waals surface area contributed by atoms with E-state index in [1.54, 1.807) is 16.8 Å². The number of rotatable bonds is 7. The van der Waals surface area contributed by atoms with Gasteiger partial charge in [0.2, 0.25) is 0 Å². The minimum Gasteiger partial charge on any atom is -0.487 e. The zero-order chi connectivity index (χ0) is 19.2. The highest BCUT2D eigenvalue weighted by atomic mass is 32.1. The fraction of sp³-hybridized carbons (Fsp3) is 0.273. The molecule has 2 N–H and O–H groups in total. The Morgan fingerprint density at radius 1 is 1.14 bits per heavy atom. The van der Waals surface area contributed by atoms with Gasteiger partial charge in [0.1, 0.15) is 12.4 Å². The smallest absolute Gasteiger partial charge is 0.319 e. The van der Waals surface area contributed by atoms with E-state index in [1.165, 1.54) is 12.0 Å². The number of urea groups is 1. The first kappa shape index (κ1) is 18.5. The molecular formula is C22H23N3O2S. The van der Waals surface area contributed by atoms with Gasteiger partial charge >= 0.3 is 6.03 Å². The second kappa shape index (κ2) is 8.44. The van der Waals surface area contributed by atoms with Crippen LogP contribution in [0.4, 0.5) is 10.5 Å². The maximum Gasteiger partial charge on any atom is 0.319 e. The minimum absolute atomic E-state index is 0.0666. The van der Waals surface area contributed by atoms with Crippen molar-refractivity contribution in [2.45, 2.75) is 31.3 Å². The predicted octanol–water partition coefficient (Wildman–Crippen LogP) is 4.97. The molecule has 5 nitrogen and oxygen atoms in total. The van der Waals surface area contributed by atoms with E-state index < -0.39 is 0 Å². The Hall–Kier alpha value is -2.86. The largest absolute Gasteiger partial charge is 0.487 e. The van der Waals surface area contributed by atoms with Gasteiger partial charge in [-0.1, -0.05) is 42.8 Å². The van der Waals surface area contributed by atoms with Crippen LogP contribution in [0.25, 0.3) is 0 Å². The van der Waals surface area contributed by atoms with Crippen molar-refractivity contribution in [3.8, 4) is 5.75 Å². The molecule has 0 atom stereocenters. The Morgan fingerprint density at radius 2 is 2.00 bits per heavy atom. The summed E-state index contributed by atoms with van der Waals surface area (Å²) in [6, 6.07) is 17.7. The predicted molar refractivity (Wildman–Crippen MR) is 112 cm³/mol. The van der Waals surface area contributed by atoms with Crippen LogP contribution in [-0.2, 0) is 12.0 Å². The average Bonchev–Trinajstić information content (AvgIpc) is 3.20. The van der Waals surface area contributed by atoms with Crippen LogP contribution in [-0.4, -0.2) is 17.6 Å². The number of anilines is 1. The van der Waals surface area contributed by atoms with E-state index in [0.717, 1.165) is 18.5 Å². The van der Waals surface area contributed by atoms with Gasteiger partial charge in [-0.2, -0.15) is 0 Å². The van der Waals surface area contributed by atoms with E-state index in [1.807, 2.05) is 35.7 Å². The Morgan fingerprint density at radius 3 is 2.71 bits per heavy atom. The van der Waals surface area contributed by atoms with E-state index in [-0.39, 0.29) is 11.4 Å². The van der Waals surface area contributed by atoms with Crippen molar-refractivity contribution < 1.29 is 9.53 Å². The lowest BCUT2D eigenvalue weighted by molar-refractivity contribution is 0.222. The number of hydrogen-bond donors (Lipinski definition) is 2. The van der Waals surface area contributed by atoms with Crippen LogP contribution >= 0.6 is 11.3 Å². The molecule has 2 aromatic carbocycles. The molecule has 1 heterocycles. The zero-order valence-electron chi connectivity index (χ0n) is 15.6. The van der Waals surface area contributed by atoms with Crippen LogP contribution < -0.4 is 15.4 Å². The average molecular weight is 394 g/mol. The van der Waals surface area contributed by atoms with E-state index >= 15 is 0 Å². The Balaban J connectivity index is 1.32. The molecule has 3 aromatic rings. The number of ether oxygens (including phenoxy) is 1. The molecule has 0 unspecified atom stereocenters. The van der Waals surface area contributed by atoms with Crippen molar-refractivity contribution in [1.82, 2.24) is 10.3 Å². The molecule has 1 aliphatic carbocycles. The number of aromatic nitrogens is 1. The van der Waals surface area contributed by atoms with Gasteiger partial charge in [-0.3, -0.25) is 0 Å². The van der Waals surface area contributed by atoms with Gasteiger partial charge in [-0.15, -0.1) is 11.3 Å². The number of thiazole rings is 1. The summed E-state index contributed by atoms with van der Waals surface area (Å²) in [6.07, 6.45) is 3.42. The summed E-state index contributed by atoms with van der Waals surface area (Å²) in [6.45, 7) is 1.06. The monoisotopic (exact) mass is 393 g/mol. The summed E-state index contributed by atoms with van der Waals surface area (Å²) < 4.78 is 5.74. The summed E-state index contributed by atoms with van der Waals surface area (Å²) in [5.74, 6) is 0.700. The number of carbonyl (C=O) groups is 1. The molecule has 1 aromatic heterocycles. The maximum absolute atomic E-state index is 12.4. The highest BCUT2D eigenvalue weighted by Crippen LogP contribution is 2.43. The second-order valence-corrected chi connectivity index (χ2v) is 7.82. The third-order valence-electron chi connectivity index (χ3n) is 5.25. The standard InChI is InChI=1S/C22H23N3O2S/c26-21(23-15-22(10-5-11-22)17-6-2-1-3-7-17)25-18-8-4-9-20(12-18)27-13-19-14-28-16-24-19/h1-4,6-9,12,14,16H,5,10-11,13,15H2,(H2,23,25,26). The van der Waals surface area contributed by atoms with Gasteiger partial charge in [0, 0.05) is 29.1 Å². The van der Waals surface area contributed by atoms with Crippen LogP contribution in [0.15, 0.2) is 65.5 Å². The Labute approximate surface area is 168 Å². The quantitative estimate of drug-likeness (QED) is 0.596. The van der Waals surface area contributed by atoms with Crippen LogP contribution in [0.3, 0.4) is 0 Å². The molecule has 6 heteroatoms. The molecule has 1 saturated carbocycles. The third kappa shape index (κ3) is 4.34. The first-order valence-corrected chi connectivity index (χ1v) is 10.4. The Bertz CT molecular complexity index is 909. The fourth-order valence-electron chi connectivity index (χ4n) is 3.52. The van der Waals surface area contributed by atoms with Gasteiger partial charge in [-0.25, -0.2) is 9.78 Å². The van der Waals surface area contributed by atoms with E-state index in [2.05, 4.69) is 39.9 Å². The topological polar surface area (TPSA) is 63.2 Å². The highest BCUT2D eigenvalue weighted by Gasteiger charge is 2.38.